The summed E-state index contributed by atoms with van der Waals surface area (Å²) < 4.78 is 5.76. The molecule has 0 radical (unpaired) electrons. The molecule has 0 unspecified atom stereocenters. The van der Waals surface area contributed by atoms with Crippen molar-refractivity contribution in [2.45, 2.75) is 32.4 Å². The highest BCUT2D eigenvalue weighted by Crippen LogP contribution is 2.25. The van der Waals surface area contributed by atoms with E-state index in [9.17, 15) is 0 Å². The number of aryl methyl sites for hydroxylation is 1. The SMILES string of the molecule is CO[C@H]1CCN(Cc2ccccn2)C[C@@H]1Cc1cccc(C)c1. The van der Waals surface area contributed by atoms with Crippen molar-refractivity contribution in [1.82, 2.24) is 9.88 Å². The maximum Gasteiger partial charge on any atom is 0.0627 e. The summed E-state index contributed by atoms with van der Waals surface area (Å²) in [7, 11) is 1.85. The van der Waals surface area contributed by atoms with Gasteiger partial charge in [0.05, 0.1) is 11.8 Å². The molecule has 1 aliphatic heterocycles. The van der Waals surface area contributed by atoms with Crippen molar-refractivity contribution in [3.63, 3.8) is 0 Å². The van der Waals surface area contributed by atoms with E-state index in [1.807, 2.05) is 19.4 Å². The molecule has 2 atom stereocenters. The van der Waals surface area contributed by atoms with E-state index in [-0.39, 0.29) is 0 Å². The van der Waals surface area contributed by atoms with Gasteiger partial charge in [-0.25, -0.2) is 0 Å². The second-order valence-corrected chi connectivity index (χ2v) is 6.57. The predicted octanol–water partition coefficient (Wildman–Crippen LogP) is 3.47. The van der Waals surface area contributed by atoms with Gasteiger partial charge in [0.1, 0.15) is 0 Å². The van der Waals surface area contributed by atoms with Crippen LogP contribution in [0.4, 0.5) is 0 Å². The maximum absolute atomic E-state index is 5.76. The summed E-state index contributed by atoms with van der Waals surface area (Å²) in [4.78, 5) is 6.97. The topological polar surface area (TPSA) is 25.4 Å². The molecule has 0 amide bonds. The molecule has 0 bridgehead atoms. The lowest BCUT2D eigenvalue weighted by Gasteiger charge is -2.38. The molecule has 3 rings (SSSR count). The fraction of sp³-hybridized carbons (Fsp3) is 0.450. The monoisotopic (exact) mass is 310 g/mol. The number of piperidine rings is 1. The predicted molar refractivity (Wildman–Crippen MR) is 93.3 cm³/mol. The molecular formula is C20H26N2O. The standard InChI is InChI=1S/C20H26N2O/c1-16-6-5-7-17(12-16)13-18-14-22(11-9-20(18)23-2)15-19-8-3-4-10-21-19/h3-8,10,12,18,20H,9,11,13-15H2,1-2H3/t18-,20-/m0/s1. The molecule has 0 N–H and O–H groups in total. The van der Waals surface area contributed by atoms with Gasteiger partial charge in [-0.15, -0.1) is 0 Å². The minimum atomic E-state index is 0.357. The molecule has 2 aromatic rings. The Morgan fingerprint density at radius 1 is 1.22 bits per heavy atom. The van der Waals surface area contributed by atoms with Gasteiger partial charge in [0.25, 0.3) is 0 Å². The molecule has 1 aromatic heterocycles. The highest BCUT2D eigenvalue weighted by Gasteiger charge is 2.29. The molecule has 0 spiro atoms. The van der Waals surface area contributed by atoms with Crippen LogP contribution in [0.25, 0.3) is 0 Å². The van der Waals surface area contributed by atoms with Crippen molar-refractivity contribution < 1.29 is 4.74 Å². The Kier molecular flexibility index (Phi) is 5.42. The lowest BCUT2D eigenvalue weighted by atomic mass is 9.88. The van der Waals surface area contributed by atoms with E-state index < -0.39 is 0 Å². The quantitative estimate of drug-likeness (QED) is 0.845. The molecule has 3 nitrogen and oxygen atoms in total. The number of rotatable bonds is 5. The average Bonchev–Trinajstić information content (AvgIpc) is 2.56. The van der Waals surface area contributed by atoms with Crippen LogP contribution in [0.1, 0.15) is 23.2 Å². The molecule has 0 saturated carbocycles. The molecular weight excluding hydrogens is 284 g/mol. The van der Waals surface area contributed by atoms with E-state index in [0.717, 1.165) is 38.2 Å². The Hall–Kier alpha value is -1.71. The van der Waals surface area contributed by atoms with Gasteiger partial charge in [0.2, 0.25) is 0 Å². The Morgan fingerprint density at radius 3 is 2.87 bits per heavy atom. The first-order valence-electron chi connectivity index (χ1n) is 8.45. The molecule has 0 aliphatic carbocycles. The van der Waals surface area contributed by atoms with Crippen molar-refractivity contribution >= 4 is 0 Å². The molecule has 122 valence electrons. The van der Waals surface area contributed by atoms with Crippen LogP contribution in [0.2, 0.25) is 0 Å². The summed E-state index contributed by atoms with van der Waals surface area (Å²) in [6.07, 6.45) is 4.41. The van der Waals surface area contributed by atoms with E-state index >= 15 is 0 Å². The van der Waals surface area contributed by atoms with Gasteiger partial charge in [-0.1, -0.05) is 35.9 Å². The molecule has 1 saturated heterocycles. The van der Waals surface area contributed by atoms with Crippen LogP contribution in [0.15, 0.2) is 48.7 Å². The smallest absolute Gasteiger partial charge is 0.0627 e. The van der Waals surface area contributed by atoms with Gasteiger partial charge in [-0.05, 0) is 37.5 Å². The third-order valence-corrected chi connectivity index (χ3v) is 4.74. The van der Waals surface area contributed by atoms with Gasteiger partial charge < -0.3 is 4.74 Å². The molecule has 23 heavy (non-hydrogen) atoms. The number of ether oxygens (including phenoxy) is 1. The van der Waals surface area contributed by atoms with Crippen LogP contribution in [0, 0.1) is 12.8 Å². The Morgan fingerprint density at radius 2 is 2.13 bits per heavy atom. The minimum absolute atomic E-state index is 0.357. The van der Waals surface area contributed by atoms with Crippen molar-refractivity contribution in [2.75, 3.05) is 20.2 Å². The number of hydrogen-bond acceptors (Lipinski definition) is 3. The third-order valence-electron chi connectivity index (χ3n) is 4.74. The summed E-state index contributed by atoms with van der Waals surface area (Å²) in [6, 6.07) is 15.0. The van der Waals surface area contributed by atoms with E-state index in [2.05, 4.69) is 53.2 Å². The number of pyridine rings is 1. The number of aromatic nitrogens is 1. The second kappa shape index (κ2) is 7.71. The van der Waals surface area contributed by atoms with Crippen LogP contribution >= 0.6 is 0 Å². The van der Waals surface area contributed by atoms with E-state index in [0.29, 0.717) is 12.0 Å². The van der Waals surface area contributed by atoms with Crippen LogP contribution < -0.4 is 0 Å². The number of benzene rings is 1. The molecule has 1 aliphatic rings. The second-order valence-electron chi connectivity index (χ2n) is 6.57. The zero-order valence-corrected chi connectivity index (χ0v) is 14.1. The minimum Gasteiger partial charge on any atom is -0.381 e. The van der Waals surface area contributed by atoms with E-state index in [1.165, 1.54) is 11.1 Å². The first-order chi connectivity index (χ1) is 11.2. The average molecular weight is 310 g/mol. The van der Waals surface area contributed by atoms with Gasteiger partial charge >= 0.3 is 0 Å². The normalized spacial score (nSPS) is 22.2. The molecule has 3 heteroatoms. The fourth-order valence-electron chi connectivity index (χ4n) is 3.60. The maximum atomic E-state index is 5.76. The zero-order valence-electron chi connectivity index (χ0n) is 14.1. The molecule has 1 aromatic carbocycles. The summed E-state index contributed by atoms with van der Waals surface area (Å²) in [6.45, 7) is 5.25. The first-order valence-corrected chi connectivity index (χ1v) is 8.45. The van der Waals surface area contributed by atoms with Gasteiger partial charge in [-0.2, -0.15) is 0 Å². The van der Waals surface area contributed by atoms with Crippen LogP contribution in [0.3, 0.4) is 0 Å². The van der Waals surface area contributed by atoms with Crippen LogP contribution in [-0.4, -0.2) is 36.2 Å². The van der Waals surface area contributed by atoms with Gasteiger partial charge in [0.15, 0.2) is 0 Å². The highest BCUT2D eigenvalue weighted by atomic mass is 16.5. The van der Waals surface area contributed by atoms with Crippen molar-refractivity contribution in [3.05, 3.63) is 65.5 Å². The van der Waals surface area contributed by atoms with Crippen molar-refractivity contribution in [1.29, 1.82) is 0 Å². The third kappa shape index (κ3) is 4.40. The Labute approximate surface area is 139 Å². The first kappa shape index (κ1) is 16.2. The molecule has 1 fully saturated rings. The lowest BCUT2D eigenvalue weighted by molar-refractivity contribution is -0.00878. The highest BCUT2D eigenvalue weighted by molar-refractivity contribution is 5.23. The van der Waals surface area contributed by atoms with Crippen molar-refractivity contribution in [3.8, 4) is 0 Å². The van der Waals surface area contributed by atoms with E-state index in [1.54, 1.807) is 0 Å². The number of methoxy groups -OCH3 is 1. The summed E-state index contributed by atoms with van der Waals surface area (Å²) in [5, 5.41) is 0. The number of hydrogen-bond donors (Lipinski definition) is 0. The zero-order chi connectivity index (χ0) is 16.1. The number of likely N-dealkylation sites (tertiary alicyclic amines) is 1. The van der Waals surface area contributed by atoms with Gasteiger partial charge in [-0.3, -0.25) is 9.88 Å². The van der Waals surface area contributed by atoms with Crippen LogP contribution in [0.5, 0.6) is 0 Å². The summed E-state index contributed by atoms with van der Waals surface area (Å²) in [5.74, 6) is 0.541. The Balaban J connectivity index is 1.66. The lowest BCUT2D eigenvalue weighted by Crippen LogP contribution is -2.44. The van der Waals surface area contributed by atoms with E-state index in [4.69, 9.17) is 4.74 Å². The fourth-order valence-corrected chi connectivity index (χ4v) is 3.60. The van der Waals surface area contributed by atoms with Crippen molar-refractivity contribution in [2.24, 2.45) is 5.92 Å². The number of nitrogens with zero attached hydrogens (tertiary/aromatic N) is 2. The largest absolute Gasteiger partial charge is 0.381 e. The van der Waals surface area contributed by atoms with Gasteiger partial charge in [0, 0.05) is 38.9 Å². The Bertz CT molecular complexity index is 614. The van der Waals surface area contributed by atoms with Crippen LogP contribution in [-0.2, 0) is 17.7 Å². The molecule has 2 heterocycles. The summed E-state index contributed by atoms with van der Waals surface area (Å²) >= 11 is 0. The summed E-state index contributed by atoms with van der Waals surface area (Å²) in [5.41, 5.74) is 3.90.